The second kappa shape index (κ2) is 10.2. The molecule has 0 aliphatic rings. The van der Waals surface area contributed by atoms with Gasteiger partial charge in [-0.3, -0.25) is 9.88 Å². The fourth-order valence-electron chi connectivity index (χ4n) is 3.29. The lowest BCUT2D eigenvalue weighted by atomic mass is 10.2. The summed E-state index contributed by atoms with van der Waals surface area (Å²) in [5.41, 5.74) is 5.35. The molecule has 160 valence electrons. The van der Waals surface area contributed by atoms with Gasteiger partial charge >= 0.3 is 0 Å². The number of nitrogens with zero attached hydrogens (tertiary/aromatic N) is 3. The van der Waals surface area contributed by atoms with Crippen LogP contribution in [0.15, 0.2) is 66.0 Å². The Bertz CT molecular complexity index is 1110. The maximum atomic E-state index is 6.07. The summed E-state index contributed by atoms with van der Waals surface area (Å²) in [6.45, 7) is 4.36. The predicted molar refractivity (Wildman–Crippen MR) is 128 cm³/mol. The summed E-state index contributed by atoms with van der Waals surface area (Å²) in [5.74, 6) is 1.62. The van der Waals surface area contributed by atoms with Crippen LogP contribution < -0.4 is 4.74 Å². The number of nitrogens with one attached hydrogen (secondary N) is 1. The van der Waals surface area contributed by atoms with Crippen molar-refractivity contribution in [1.82, 2.24) is 19.9 Å². The van der Waals surface area contributed by atoms with Crippen LogP contribution in [0.1, 0.15) is 16.8 Å². The largest absolute Gasteiger partial charge is 0.492 e. The summed E-state index contributed by atoms with van der Waals surface area (Å²) in [4.78, 5) is 14.8. The van der Waals surface area contributed by atoms with E-state index in [-0.39, 0.29) is 0 Å². The zero-order valence-corrected chi connectivity index (χ0v) is 19.2. The molecule has 7 heteroatoms. The molecule has 0 amide bonds. The van der Waals surface area contributed by atoms with E-state index >= 15 is 0 Å². The lowest BCUT2D eigenvalue weighted by Gasteiger charge is -2.18. The number of rotatable bonds is 9. The van der Waals surface area contributed by atoms with Gasteiger partial charge in [-0.1, -0.05) is 47.6 Å². The van der Waals surface area contributed by atoms with Gasteiger partial charge in [0.15, 0.2) is 5.16 Å². The molecular weight excluding hydrogens is 428 g/mol. The van der Waals surface area contributed by atoms with Gasteiger partial charge in [-0.2, -0.15) is 0 Å². The quantitative estimate of drug-likeness (QED) is 0.329. The molecule has 0 spiro atoms. The highest BCUT2D eigenvalue weighted by Crippen LogP contribution is 2.27. The van der Waals surface area contributed by atoms with Crippen molar-refractivity contribution in [3.63, 3.8) is 0 Å². The van der Waals surface area contributed by atoms with Crippen LogP contribution >= 0.6 is 23.4 Å². The van der Waals surface area contributed by atoms with Gasteiger partial charge in [0, 0.05) is 35.6 Å². The SMILES string of the molecule is Cc1c(OCCN(C)Cc2ccc(Cl)cc2)ccnc1CSc1nc2ccccc2[nH]1. The molecule has 0 aliphatic carbocycles. The lowest BCUT2D eigenvalue weighted by molar-refractivity contribution is 0.231. The number of aromatic amines is 1. The monoisotopic (exact) mass is 452 g/mol. The number of H-pyrrole nitrogens is 1. The molecule has 31 heavy (non-hydrogen) atoms. The van der Waals surface area contributed by atoms with Gasteiger partial charge in [-0.25, -0.2) is 4.98 Å². The molecule has 0 saturated carbocycles. The summed E-state index contributed by atoms with van der Waals surface area (Å²) in [6, 6.07) is 17.9. The smallest absolute Gasteiger partial charge is 0.166 e. The van der Waals surface area contributed by atoms with E-state index in [9.17, 15) is 0 Å². The second-order valence-electron chi connectivity index (χ2n) is 7.44. The third-order valence-corrected chi connectivity index (χ3v) is 6.20. The van der Waals surface area contributed by atoms with E-state index in [1.807, 2.05) is 48.7 Å². The number of fused-ring (bicyclic) bond motifs is 1. The Morgan fingerprint density at radius 2 is 1.90 bits per heavy atom. The minimum absolute atomic E-state index is 0.616. The number of benzene rings is 2. The van der Waals surface area contributed by atoms with Crippen molar-refractivity contribution >= 4 is 34.4 Å². The van der Waals surface area contributed by atoms with Crippen molar-refractivity contribution in [3.05, 3.63) is 82.6 Å². The standard InChI is InChI=1S/C24H25ClN4OS/c1-17-22(16-31-24-27-20-5-3-4-6-21(20)28-24)26-12-11-23(17)30-14-13-29(2)15-18-7-9-19(25)10-8-18/h3-12H,13-16H2,1-2H3,(H,27,28). The third kappa shape index (κ3) is 5.79. The Morgan fingerprint density at radius 3 is 2.71 bits per heavy atom. The van der Waals surface area contributed by atoms with Gasteiger partial charge in [0.25, 0.3) is 0 Å². The minimum Gasteiger partial charge on any atom is -0.492 e. The molecule has 0 fully saturated rings. The lowest BCUT2D eigenvalue weighted by Crippen LogP contribution is -2.24. The van der Waals surface area contributed by atoms with Crippen LogP contribution in [-0.4, -0.2) is 40.1 Å². The molecule has 5 nitrogen and oxygen atoms in total. The second-order valence-corrected chi connectivity index (χ2v) is 8.84. The van der Waals surface area contributed by atoms with Gasteiger partial charge in [0.2, 0.25) is 0 Å². The maximum absolute atomic E-state index is 6.07. The zero-order chi connectivity index (χ0) is 21.6. The van der Waals surface area contributed by atoms with Gasteiger partial charge in [-0.15, -0.1) is 0 Å². The first kappa shape index (κ1) is 21.7. The predicted octanol–water partition coefficient (Wildman–Crippen LogP) is 5.72. The van der Waals surface area contributed by atoms with Crippen LogP contribution in [0.4, 0.5) is 0 Å². The molecule has 1 N–H and O–H groups in total. The number of aromatic nitrogens is 3. The van der Waals surface area contributed by atoms with Gasteiger partial charge in [0.1, 0.15) is 12.4 Å². The average Bonchev–Trinajstić information content (AvgIpc) is 3.19. The molecule has 2 aromatic carbocycles. The van der Waals surface area contributed by atoms with E-state index in [4.69, 9.17) is 16.3 Å². The van der Waals surface area contributed by atoms with E-state index < -0.39 is 0 Å². The number of halogens is 1. The van der Waals surface area contributed by atoms with Gasteiger partial charge < -0.3 is 9.72 Å². The number of para-hydroxylation sites is 2. The number of thioether (sulfide) groups is 1. The molecule has 4 rings (SSSR count). The molecule has 0 atom stereocenters. The van der Waals surface area contributed by atoms with Gasteiger partial charge in [0.05, 0.1) is 16.7 Å². The average molecular weight is 453 g/mol. The number of hydrogen-bond donors (Lipinski definition) is 1. The summed E-state index contributed by atoms with van der Waals surface area (Å²) < 4.78 is 6.07. The van der Waals surface area contributed by atoms with Crippen LogP contribution in [-0.2, 0) is 12.3 Å². The highest BCUT2D eigenvalue weighted by molar-refractivity contribution is 7.98. The Balaban J connectivity index is 1.30. The van der Waals surface area contributed by atoms with Gasteiger partial charge in [-0.05, 0) is 49.9 Å². The molecule has 2 aromatic heterocycles. The number of likely N-dealkylation sites (N-methyl/N-ethyl adjacent to an activating group) is 1. The summed E-state index contributed by atoms with van der Waals surface area (Å²) in [5, 5.41) is 1.66. The topological polar surface area (TPSA) is 54.0 Å². The van der Waals surface area contributed by atoms with E-state index in [1.165, 1.54) is 5.56 Å². The zero-order valence-electron chi connectivity index (χ0n) is 17.6. The van der Waals surface area contributed by atoms with Crippen LogP contribution in [0.25, 0.3) is 11.0 Å². The number of imidazole rings is 1. The number of hydrogen-bond acceptors (Lipinski definition) is 5. The highest BCUT2D eigenvalue weighted by Gasteiger charge is 2.10. The van der Waals surface area contributed by atoms with Crippen molar-refractivity contribution in [1.29, 1.82) is 0 Å². The Labute approximate surface area is 191 Å². The Morgan fingerprint density at radius 1 is 1.10 bits per heavy atom. The molecule has 0 unspecified atom stereocenters. The van der Waals surface area contributed by atoms with E-state index in [0.717, 1.165) is 57.1 Å². The normalized spacial score (nSPS) is 11.4. The van der Waals surface area contributed by atoms with Crippen molar-refractivity contribution < 1.29 is 4.74 Å². The van der Waals surface area contributed by atoms with Crippen molar-refractivity contribution in [3.8, 4) is 5.75 Å². The summed E-state index contributed by atoms with van der Waals surface area (Å²) in [6.07, 6.45) is 1.81. The molecule has 0 bridgehead atoms. The van der Waals surface area contributed by atoms with E-state index in [1.54, 1.807) is 11.8 Å². The van der Waals surface area contributed by atoms with E-state index in [2.05, 4.69) is 46.0 Å². The molecule has 2 heterocycles. The van der Waals surface area contributed by atoms with Crippen LogP contribution in [0.2, 0.25) is 5.02 Å². The number of ether oxygens (including phenoxy) is 1. The van der Waals surface area contributed by atoms with Crippen LogP contribution in [0.3, 0.4) is 0 Å². The third-order valence-electron chi connectivity index (χ3n) is 5.07. The number of pyridine rings is 1. The maximum Gasteiger partial charge on any atom is 0.166 e. The van der Waals surface area contributed by atoms with Crippen molar-refractivity contribution in [2.45, 2.75) is 24.4 Å². The molecule has 0 saturated heterocycles. The molecule has 0 aliphatic heterocycles. The van der Waals surface area contributed by atoms with Crippen molar-refractivity contribution in [2.24, 2.45) is 0 Å². The first-order valence-corrected chi connectivity index (χ1v) is 11.5. The molecule has 4 aromatic rings. The minimum atomic E-state index is 0.616. The van der Waals surface area contributed by atoms with Crippen molar-refractivity contribution in [2.75, 3.05) is 20.2 Å². The fourth-order valence-corrected chi connectivity index (χ4v) is 4.32. The Kier molecular flexibility index (Phi) is 7.12. The molecular formula is C24H25ClN4OS. The Hall–Kier alpha value is -2.54. The first-order valence-electron chi connectivity index (χ1n) is 10.2. The summed E-state index contributed by atoms with van der Waals surface area (Å²) in [7, 11) is 2.09. The summed E-state index contributed by atoms with van der Waals surface area (Å²) >= 11 is 7.61. The van der Waals surface area contributed by atoms with E-state index in [0.29, 0.717) is 6.61 Å². The molecule has 0 radical (unpaired) electrons. The first-order chi connectivity index (χ1) is 15.1. The van der Waals surface area contributed by atoms with Crippen LogP contribution in [0, 0.1) is 6.92 Å². The van der Waals surface area contributed by atoms with Crippen LogP contribution in [0.5, 0.6) is 5.75 Å². The highest BCUT2D eigenvalue weighted by atomic mass is 35.5. The fraction of sp³-hybridized carbons (Fsp3) is 0.250.